The molecule has 85 heavy (non-hydrogen) atoms. The zero-order chi connectivity index (χ0) is 60.8. The van der Waals surface area contributed by atoms with E-state index < -0.39 is 62.8 Å². The topological polar surface area (TPSA) is 195 Å². The molecule has 3 saturated heterocycles. The number of thioether (sulfide) groups is 1. The molecule has 1 unspecified atom stereocenters. The number of sulfone groups is 1. The van der Waals surface area contributed by atoms with Crippen molar-refractivity contribution in [3.8, 4) is 0 Å². The van der Waals surface area contributed by atoms with Gasteiger partial charge in [0.25, 0.3) is 25.8 Å². The zero-order valence-corrected chi connectivity index (χ0v) is 52.4. The van der Waals surface area contributed by atoms with Crippen LogP contribution >= 0.6 is 23.4 Å². The quantitative estimate of drug-likeness (QED) is 0.0343. The van der Waals surface area contributed by atoms with E-state index in [0.717, 1.165) is 99.5 Å². The Morgan fingerprint density at radius 1 is 0.788 bits per heavy atom. The van der Waals surface area contributed by atoms with E-state index in [9.17, 15) is 48.0 Å². The summed E-state index contributed by atoms with van der Waals surface area (Å²) in [6.45, 7) is 12.1. The van der Waals surface area contributed by atoms with Gasteiger partial charge in [0.2, 0.25) is 10.0 Å². The predicted octanol–water partition coefficient (Wildman–Crippen LogP) is 9.27. The van der Waals surface area contributed by atoms with Crippen LogP contribution in [0.2, 0.25) is 5.02 Å². The molecular weight excluding hydrogens is 1200 g/mol. The summed E-state index contributed by atoms with van der Waals surface area (Å²) < 4.78 is 137. The fourth-order valence-corrected chi connectivity index (χ4v) is 16.3. The van der Waals surface area contributed by atoms with Gasteiger partial charge in [0.1, 0.15) is 4.90 Å². The van der Waals surface area contributed by atoms with Crippen molar-refractivity contribution in [1.82, 2.24) is 23.7 Å². The van der Waals surface area contributed by atoms with Crippen LogP contribution in [0.3, 0.4) is 0 Å². The van der Waals surface area contributed by atoms with E-state index in [1.807, 2.05) is 47.2 Å². The molecule has 8 rings (SSSR count). The van der Waals surface area contributed by atoms with Gasteiger partial charge < -0.3 is 29.5 Å². The Bertz CT molecular complexity index is 3250. The van der Waals surface area contributed by atoms with Crippen molar-refractivity contribution < 1.29 is 57.5 Å². The summed E-state index contributed by atoms with van der Waals surface area (Å²) in [6.07, 6.45) is 7.07. The number of allylic oxidation sites excluding steroid dienone is 1. The van der Waals surface area contributed by atoms with Crippen LogP contribution in [-0.4, -0.2) is 185 Å². The monoisotopic (exact) mass is 1280 g/mol. The number of methoxy groups -OCH3 is 1. The number of ether oxygens (including phenoxy) is 2. The Morgan fingerprint density at radius 2 is 1.48 bits per heavy atom. The number of benzene rings is 4. The van der Waals surface area contributed by atoms with E-state index in [0.29, 0.717) is 108 Å². The van der Waals surface area contributed by atoms with Gasteiger partial charge in [0, 0.05) is 131 Å². The molecule has 3 heterocycles. The van der Waals surface area contributed by atoms with Gasteiger partial charge in [-0.25, -0.2) is 30.0 Å². The van der Waals surface area contributed by atoms with Gasteiger partial charge in [-0.3, -0.25) is 14.5 Å². The molecule has 466 valence electrons. The lowest BCUT2D eigenvalue weighted by Crippen LogP contribution is -2.52. The molecule has 1 aliphatic carbocycles. The molecule has 25 heteroatoms. The Balaban J connectivity index is 0.874. The van der Waals surface area contributed by atoms with Gasteiger partial charge in [-0.2, -0.15) is 17.5 Å². The Labute approximate surface area is 509 Å². The lowest BCUT2D eigenvalue weighted by molar-refractivity contribution is -0.140. The first-order chi connectivity index (χ1) is 40.5. The molecule has 2 N–H and O–H groups in total. The van der Waals surface area contributed by atoms with E-state index in [1.54, 1.807) is 16.4 Å². The molecule has 0 spiro atoms. The second-order valence-electron chi connectivity index (χ2n) is 22.7. The highest BCUT2D eigenvalue weighted by Gasteiger charge is 2.49. The molecule has 3 fully saturated rings. The number of amides is 1. The van der Waals surface area contributed by atoms with Gasteiger partial charge >= 0.3 is 11.5 Å². The maximum atomic E-state index is 14.4. The molecule has 17 nitrogen and oxygen atoms in total. The van der Waals surface area contributed by atoms with Crippen LogP contribution in [-0.2, 0) is 44.2 Å². The van der Waals surface area contributed by atoms with E-state index in [1.165, 1.54) is 42.2 Å². The number of unbranched alkanes of at least 4 members (excludes halogenated alkanes) is 3. The number of anilines is 2. The minimum Gasteiger partial charge on any atom is -0.469 e. The van der Waals surface area contributed by atoms with Crippen LogP contribution in [0.15, 0.2) is 117 Å². The Kier molecular flexibility index (Phi) is 23.3. The van der Waals surface area contributed by atoms with Crippen molar-refractivity contribution in [1.29, 1.82) is 0 Å². The molecule has 4 aliphatic rings. The summed E-state index contributed by atoms with van der Waals surface area (Å²) in [4.78, 5) is 32.9. The third-order valence-electron chi connectivity index (χ3n) is 16.4. The molecule has 0 bridgehead atoms. The molecule has 0 radical (unpaired) electrons. The number of nitrogens with zero attached hydrogens (tertiary/aromatic N) is 5. The van der Waals surface area contributed by atoms with Gasteiger partial charge in [0.15, 0.2) is 0 Å². The molecule has 1 amide bonds. The van der Waals surface area contributed by atoms with E-state index >= 15 is 0 Å². The predicted molar refractivity (Wildman–Crippen MR) is 328 cm³/mol. The third-order valence-corrected chi connectivity index (χ3v) is 22.6. The largest absolute Gasteiger partial charge is 0.501 e. The van der Waals surface area contributed by atoms with Crippen LogP contribution in [0.5, 0.6) is 0 Å². The van der Waals surface area contributed by atoms with Gasteiger partial charge in [-0.15, -0.1) is 11.8 Å². The first-order valence-electron chi connectivity index (χ1n) is 29.1. The normalized spacial score (nSPS) is 19.8. The van der Waals surface area contributed by atoms with Gasteiger partial charge in [-0.05, 0) is 128 Å². The van der Waals surface area contributed by atoms with Crippen molar-refractivity contribution in [2.24, 2.45) is 5.41 Å². The molecule has 0 saturated carbocycles. The van der Waals surface area contributed by atoms with Crippen LogP contribution < -0.4 is 14.9 Å². The Morgan fingerprint density at radius 3 is 2.18 bits per heavy atom. The fraction of sp³-hybridized carbons (Fsp3) is 0.533. The molecule has 3 aliphatic heterocycles. The van der Waals surface area contributed by atoms with Gasteiger partial charge in [0.05, 0.1) is 30.1 Å². The third kappa shape index (κ3) is 18.6. The van der Waals surface area contributed by atoms with Crippen LogP contribution in [0, 0.1) is 5.41 Å². The van der Waals surface area contributed by atoms with Crippen LogP contribution in [0.4, 0.5) is 24.5 Å². The number of rotatable bonds is 26. The highest BCUT2D eigenvalue weighted by Crippen LogP contribution is 2.44. The maximum Gasteiger partial charge on any atom is 0.501 e. The summed E-state index contributed by atoms with van der Waals surface area (Å²) in [5.41, 5.74) is -1.63. The second kappa shape index (κ2) is 30.0. The number of sulfonamides is 2. The number of alkyl halides is 3. The molecule has 4 aromatic rings. The van der Waals surface area contributed by atoms with E-state index in [2.05, 4.69) is 44.0 Å². The van der Waals surface area contributed by atoms with E-state index in [-0.39, 0.29) is 22.7 Å². The minimum atomic E-state index is -6.10. The summed E-state index contributed by atoms with van der Waals surface area (Å²) in [6, 6.07) is 25.6. The first kappa shape index (κ1) is 66.2. The maximum absolute atomic E-state index is 14.4. The number of carbonyl (C=O) groups is 2. The number of hydrogen-bond donors (Lipinski definition) is 2. The average Bonchev–Trinajstić information content (AvgIpc) is 2.24. The first-order valence-corrected chi connectivity index (χ1v) is 35.0. The minimum absolute atomic E-state index is 0.0344. The molecule has 0 aromatic heterocycles. The molecule has 2 atom stereocenters. The fourth-order valence-electron chi connectivity index (χ4n) is 11.6. The van der Waals surface area contributed by atoms with Crippen LogP contribution in [0.25, 0.3) is 5.57 Å². The summed E-state index contributed by atoms with van der Waals surface area (Å²) in [5.74, 6) is -0.852. The van der Waals surface area contributed by atoms with Gasteiger partial charge in [-0.1, -0.05) is 67.3 Å². The number of esters is 1. The Hall–Kier alpha value is -4.76. The average molecular weight is 1280 g/mol. The second-order valence-corrected chi connectivity index (χ2v) is 29.9. The number of piperazine rings is 2. The lowest BCUT2D eigenvalue weighted by atomic mass is 9.71. The van der Waals surface area contributed by atoms with Crippen molar-refractivity contribution in [3.63, 3.8) is 0 Å². The number of hydrogen-bond acceptors (Lipinski definition) is 16. The molecular formula is C60H79ClF3N7O10S4. The van der Waals surface area contributed by atoms with Crippen molar-refractivity contribution in [2.45, 2.75) is 97.4 Å². The van der Waals surface area contributed by atoms with Crippen LogP contribution in [0.1, 0.15) is 87.1 Å². The summed E-state index contributed by atoms with van der Waals surface area (Å²) in [7, 11) is -13.0. The zero-order valence-electron chi connectivity index (χ0n) is 48.4. The highest BCUT2D eigenvalue weighted by atomic mass is 35.5. The number of halogens is 4. The number of carbonyl (C=O) groups excluding carboxylic acids is 2. The van der Waals surface area contributed by atoms with Crippen molar-refractivity contribution >= 4 is 82.1 Å². The van der Waals surface area contributed by atoms with Crippen molar-refractivity contribution in [2.75, 3.05) is 127 Å². The SMILES string of the molecule is COC(=O)CCCCCCS(=O)(=O)N1CCN(C[C@]2(C)CCC(c3ccc(Cl)cc3)=C(CN3CCN(c4ccc(C(=O)NS(=O)(=O)c5ccc(NC(CCN6CCCOCC6)CSc6ccccc6)c(S(=O)(=O)C(F)(F)F)c5)cc4)CC3)C2)CC1. The van der Waals surface area contributed by atoms with Crippen molar-refractivity contribution in [3.05, 3.63) is 119 Å². The molecule has 4 aromatic carbocycles. The standard InChI is InChI=1S/C60H79ClF3N7O10S4/c1-59(45-69-31-35-71(36-32-69)83(74,75)40-9-4-3-8-13-57(72)80-2)26-24-54(46-14-18-49(61)19-15-46)48(42-59)43-68-29-33-70(34-30-68)51-20-16-47(17-21-51)58(73)66-85(78,79)53-22-23-55(56(41-53)84(76,77)60(62,63)64)65-50(44-82-52-11-6-5-7-12-52)25-28-67-27-10-38-81-39-37-67/h5-7,11-12,14-23,41,50,65H,3-4,8-10,13,24-40,42-45H2,1-2H3,(H,66,73)/t50?,59-/m1/s1. The summed E-state index contributed by atoms with van der Waals surface area (Å²) in [5, 5.41) is 3.68. The number of nitrogens with one attached hydrogen (secondary N) is 2. The lowest BCUT2D eigenvalue weighted by Gasteiger charge is -2.44. The highest BCUT2D eigenvalue weighted by molar-refractivity contribution is 7.99. The smallest absolute Gasteiger partial charge is 0.469 e. The van der Waals surface area contributed by atoms with E-state index in [4.69, 9.17) is 21.1 Å². The summed E-state index contributed by atoms with van der Waals surface area (Å²) >= 11 is 7.78.